The van der Waals surface area contributed by atoms with Crippen LogP contribution in [0.25, 0.3) is 0 Å². The number of nitrogens with one attached hydrogen (secondary N) is 1. The first kappa shape index (κ1) is 15.9. The Morgan fingerprint density at radius 2 is 1.90 bits per heavy atom. The molecular weight excluding hydrogens is 377 g/mol. The fraction of sp³-hybridized carbons (Fsp3) is 0.0714. The van der Waals surface area contributed by atoms with E-state index in [0.29, 0.717) is 27.1 Å². The summed E-state index contributed by atoms with van der Waals surface area (Å²) in [7, 11) is 1.63. The molecule has 0 heterocycles. The fourth-order valence-electron chi connectivity index (χ4n) is 1.72. The van der Waals surface area contributed by atoms with E-state index in [2.05, 4.69) is 21.2 Å². The van der Waals surface area contributed by atoms with Crippen molar-refractivity contribution < 1.29 is 4.79 Å². The molecule has 2 rings (SSSR count). The molecule has 0 aliphatic heterocycles. The van der Waals surface area contributed by atoms with Gasteiger partial charge in [-0.2, -0.15) is 0 Å². The van der Waals surface area contributed by atoms with Crippen LogP contribution in [0.1, 0.15) is 0 Å². The average Bonchev–Trinajstić information content (AvgIpc) is 2.42. The number of rotatable bonds is 2. The number of carbonyl (C=O) groups is 1. The van der Waals surface area contributed by atoms with E-state index in [9.17, 15) is 4.79 Å². The van der Waals surface area contributed by atoms with Gasteiger partial charge in [0.15, 0.2) is 0 Å². The van der Waals surface area contributed by atoms with Gasteiger partial charge in [0, 0.05) is 17.2 Å². The van der Waals surface area contributed by atoms with Crippen molar-refractivity contribution in [2.45, 2.75) is 0 Å². The number of nitrogens with two attached hydrogens (primary N) is 1. The lowest BCUT2D eigenvalue weighted by molar-refractivity contribution is 0.258. The summed E-state index contributed by atoms with van der Waals surface area (Å²) in [5.74, 6) is 0. The van der Waals surface area contributed by atoms with Crippen molar-refractivity contribution in [3.63, 3.8) is 0 Å². The summed E-state index contributed by atoms with van der Waals surface area (Å²) in [5, 5.41) is 3.53. The van der Waals surface area contributed by atoms with Crippen LogP contribution in [0.2, 0.25) is 10.0 Å². The maximum atomic E-state index is 12.2. The minimum absolute atomic E-state index is 0.331. The van der Waals surface area contributed by atoms with Crippen molar-refractivity contribution in [1.29, 1.82) is 0 Å². The minimum Gasteiger partial charge on any atom is -0.397 e. The lowest BCUT2D eigenvalue weighted by atomic mass is 10.2. The summed E-state index contributed by atoms with van der Waals surface area (Å²) in [6.45, 7) is 0. The molecule has 0 spiro atoms. The first-order chi connectivity index (χ1) is 9.88. The Balaban J connectivity index is 2.17. The monoisotopic (exact) mass is 387 g/mol. The summed E-state index contributed by atoms with van der Waals surface area (Å²) < 4.78 is 0.849. The predicted molar refractivity (Wildman–Crippen MR) is 92.4 cm³/mol. The molecule has 0 atom stereocenters. The lowest BCUT2D eigenvalue weighted by Gasteiger charge is -2.20. The zero-order valence-corrected chi connectivity index (χ0v) is 14.1. The number of anilines is 3. The highest BCUT2D eigenvalue weighted by molar-refractivity contribution is 9.10. The molecule has 0 fully saturated rings. The Hall–Kier alpha value is -1.43. The van der Waals surface area contributed by atoms with Gasteiger partial charge in [-0.1, -0.05) is 39.1 Å². The second-order valence-corrected chi connectivity index (χ2v) is 6.05. The SMILES string of the molecule is CN(C(=O)Nc1ccc(Cl)c(Cl)c1)c1ccc(Br)cc1N. The Kier molecular flexibility index (Phi) is 4.98. The van der Waals surface area contributed by atoms with Gasteiger partial charge in [0.05, 0.1) is 21.4 Å². The third-order valence-corrected chi connectivity index (χ3v) is 4.06. The van der Waals surface area contributed by atoms with E-state index in [1.54, 1.807) is 37.4 Å². The van der Waals surface area contributed by atoms with Gasteiger partial charge in [0.1, 0.15) is 0 Å². The number of urea groups is 1. The predicted octanol–water partition coefficient (Wildman–Crippen LogP) is 5.01. The highest BCUT2D eigenvalue weighted by Gasteiger charge is 2.14. The molecule has 2 aromatic carbocycles. The van der Waals surface area contributed by atoms with Crippen LogP contribution >= 0.6 is 39.1 Å². The summed E-state index contributed by atoms with van der Waals surface area (Å²) in [6, 6.07) is 9.85. The Bertz CT molecular complexity index is 694. The van der Waals surface area contributed by atoms with Crippen molar-refractivity contribution in [2.24, 2.45) is 0 Å². The van der Waals surface area contributed by atoms with E-state index in [1.165, 1.54) is 4.90 Å². The lowest BCUT2D eigenvalue weighted by Crippen LogP contribution is -2.31. The fourth-order valence-corrected chi connectivity index (χ4v) is 2.40. The minimum atomic E-state index is -0.331. The van der Waals surface area contributed by atoms with Gasteiger partial charge < -0.3 is 11.1 Å². The topological polar surface area (TPSA) is 58.4 Å². The van der Waals surface area contributed by atoms with Gasteiger partial charge in [-0.25, -0.2) is 4.79 Å². The Labute approximate surface area is 141 Å². The van der Waals surface area contributed by atoms with Gasteiger partial charge in [-0.15, -0.1) is 0 Å². The normalized spacial score (nSPS) is 10.3. The number of amides is 2. The van der Waals surface area contributed by atoms with Crippen LogP contribution in [-0.4, -0.2) is 13.1 Å². The van der Waals surface area contributed by atoms with Crippen molar-refractivity contribution >= 4 is 62.2 Å². The third kappa shape index (κ3) is 3.81. The largest absolute Gasteiger partial charge is 0.397 e. The van der Waals surface area contributed by atoms with Crippen LogP contribution in [0.15, 0.2) is 40.9 Å². The summed E-state index contributed by atoms with van der Waals surface area (Å²) in [4.78, 5) is 13.6. The van der Waals surface area contributed by atoms with E-state index >= 15 is 0 Å². The molecule has 7 heteroatoms. The summed E-state index contributed by atoms with van der Waals surface area (Å²) >= 11 is 15.1. The first-order valence-corrected chi connectivity index (χ1v) is 7.48. The van der Waals surface area contributed by atoms with Crippen LogP contribution in [0, 0.1) is 0 Å². The number of carbonyl (C=O) groups excluding carboxylic acids is 1. The number of hydrogen-bond donors (Lipinski definition) is 2. The maximum Gasteiger partial charge on any atom is 0.326 e. The molecule has 2 amide bonds. The number of halogens is 3. The zero-order valence-electron chi connectivity index (χ0n) is 11.0. The smallest absolute Gasteiger partial charge is 0.326 e. The second-order valence-electron chi connectivity index (χ2n) is 4.32. The van der Waals surface area contributed by atoms with Crippen molar-refractivity contribution in [2.75, 3.05) is 23.0 Å². The van der Waals surface area contributed by atoms with E-state index in [-0.39, 0.29) is 6.03 Å². The molecule has 0 unspecified atom stereocenters. The van der Waals surface area contributed by atoms with Crippen LogP contribution in [-0.2, 0) is 0 Å². The second kappa shape index (κ2) is 6.56. The molecule has 110 valence electrons. The Morgan fingerprint density at radius 3 is 2.52 bits per heavy atom. The van der Waals surface area contributed by atoms with E-state index < -0.39 is 0 Å². The maximum absolute atomic E-state index is 12.2. The molecule has 0 aliphatic rings. The van der Waals surface area contributed by atoms with Gasteiger partial charge in [0.2, 0.25) is 0 Å². The van der Waals surface area contributed by atoms with Gasteiger partial charge in [-0.3, -0.25) is 4.90 Å². The van der Waals surface area contributed by atoms with Crippen LogP contribution in [0.4, 0.5) is 21.9 Å². The average molecular weight is 389 g/mol. The molecule has 3 N–H and O–H groups in total. The highest BCUT2D eigenvalue weighted by Crippen LogP contribution is 2.28. The number of nitrogen functional groups attached to an aromatic ring is 1. The molecule has 0 radical (unpaired) electrons. The number of nitrogens with zero attached hydrogens (tertiary/aromatic N) is 1. The number of hydrogen-bond acceptors (Lipinski definition) is 2. The van der Waals surface area contributed by atoms with Gasteiger partial charge in [0.25, 0.3) is 0 Å². The van der Waals surface area contributed by atoms with Crippen LogP contribution in [0.5, 0.6) is 0 Å². The van der Waals surface area contributed by atoms with E-state index in [0.717, 1.165) is 4.47 Å². The highest BCUT2D eigenvalue weighted by atomic mass is 79.9. The van der Waals surface area contributed by atoms with Crippen LogP contribution in [0.3, 0.4) is 0 Å². The van der Waals surface area contributed by atoms with E-state index in [1.807, 2.05) is 6.07 Å². The molecule has 0 saturated carbocycles. The Morgan fingerprint density at radius 1 is 1.19 bits per heavy atom. The van der Waals surface area contributed by atoms with Crippen molar-refractivity contribution in [3.8, 4) is 0 Å². The summed E-state index contributed by atoms with van der Waals surface area (Å²) in [6.07, 6.45) is 0. The van der Waals surface area contributed by atoms with Crippen LogP contribution < -0.4 is 16.0 Å². The molecule has 0 bridgehead atoms. The number of benzene rings is 2. The third-order valence-electron chi connectivity index (χ3n) is 2.83. The van der Waals surface area contributed by atoms with Gasteiger partial charge in [-0.05, 0) is 36.4 Å². The van der Waals surface area contributed by atoms with Crippen molar-refractivity contribution in [3.05, 3.63) is 50.9 Å². The molecule has 0 aliphatic carbocycles. The molecule has 4 nitrogen and oxygen atoms in total. The zero-order chi connectivity index (χ0) is 15.6. The first-order valence-electron chi connectivity index (χ1n) is 5.93. The molecule has 0 saturated heterocycles. The molecule has 21 heavy (non-hydrogen) atoms. The molecule has 0 aromatic heterocycles. The van der Waals surface area contributed by atoms with E-state index in [4.69, 9.17) is 28.9 Å². The molecular formula is C14H12BrCl2N3O. The standard InChI is InChI=1S/C14H12BrCl2N3O/c1-20(13-5-2-8(15)6-12(13)18)14(21)19-9-3-4-10(16)11(17)7-9/h2-7H,18H2,1H3,(H,19,21). The quantitative estimate of drug-likeness (QED) is 0.710. The van der Waals surface area contributed by atoms with Crippen molar-refractivity contribution in [1.82, 2.24) is 0 Å². The molecule has 2 aromatic rings. The summed E-state index contributed by atoms with van der Waals surface area (Å²) in [5.41, 5.74) is 7.56. The van der Waals surface area contributed by atoms with Gasteiger partial charge >= 0.3 is 6.03 Å².